The third-order valence-corrected chi connectivity index (χ3v) is 6.82. The van der Waals surface area contributed by atoms with Crippen molar-refractivity contribution >= 4 is 23.4 Å². The number of rotatable bonds is 5. The molecule has 2 aliphatic rings. The number of ether oxygens (including phenoxy) is 2. The minimum Gasteiger partial charge on any atom is -0.484 e. The van der Waals surface area contributed by atoms with E-state index in [1.807, 2.05) is 0 Å². The summed E-state index contributed by atoms with van der Waals surface area (Å²) in [7, 11) is 0. The topological polar surface area (TPSA) is 88.2 Å². The maximum Gasteiger partial charge on any atom is 0.573 e. The fourth-order valence-corrected chi connectivity index (χ4v) is 4.75. The number of carbonyl (C=O) groups excluding carboxylic acids is 3. The van der Waals surface area contributed by atoms with Gasteiger partial charge in [0.05, 0.1) is 23.4 Å². The van der Waals surface area contributed by atoms with Gasteiger partial charge in [-0.15, -0.1) is 13.2 Å². The Labute approximate surface area is 238 Å². The van der Waals surface area contributed by atoms with E-state index in [-0.39, 0.29) is 42.2 Å². The van der Waals surface area contributed by atoms with Crippen LogP contribution in [0.25, 0.3) is 11.1 Å². The van der Waals surface area contributed by atoms with E-state index in [1.165, 1.54) is 40.1 Å². The number of benzene rings is 3. The highest BCUT2D eigenvalue weighted by Crippen LogP contribution is 2.35. The smallest absolute Gasteiger partial charge is 0.484 e. The van der Waals surface area contributed by atoms with Crippen molar-refractivity contribution in [3.63, 3.8) is 0 Å². The van der Waals surface area contributed by atoms with Crippen LogP contribution in [0.3, 0.4) is 0 Å². The van der Waals surface area contributed by atoms with Gasteiger partial charge in [-0.2, -0.15) is 13.2 Å². The molecular formula is C28H20F7N3O5. The van der Waals surface area contributed by atoms with Crippen LogP contribution in [0.5, 0.6) is 11.5 Å². The Kier molecular flexibility index (Phi) is 7.67. The number of nitrogens with one attached hydrogen (secondary N) is 1. The molecule has 0 bridgehead atoms. The first-order chi connectivity index (χ1) is 20.2. The van der Waals surface area contributed by atoms with Crippen molar-refractivity contribution in [3.05, 3.63) is 77.6 Å². The summed E-state index contributed by atoms with van der Waals surface area (Å²) >= 11 is 0. The first-order valence-corrected chi connectivity index (χ1v) is 12.6. The Morgan fingerprint density at radius 3 is 2.37 bits per heavy atom. The van der Waals surface area contributed by atoms with Crippen molar-refractivity contribution in [2.45, 2.75) is 18.6 Å². The Balaban J connectivity index is 1.27. The zero-order chi connectivity index (χ0) is 31.1. The summed E-state index contributed by atoms with van der Waals surface area (Å²) in [6.45, 7) is -0.927. The number of hydrogen-bond donors (Lipinski definition) is 1. The number of alkyl halides is 6. The maximum atomic E-state index is 13.9. The molecule has 0 saturated carbocycles. The maximum absolute atomic E-state index is 13.9. The zero-order valence-corrected chi connectivity index (χ0v) is 21.8. The van der Waals surface area contributed by atoms with Crippen LogP contribution in [0, 0.1) is 5.82 Å². The quantitative estimate of drug-likeness (QED) is 0.406. The van der Waals surface area contributed by atoms with Gasteiger partial charge >= 0.3 is 12.5 Å². The lowest BCUT2D eigenvalue weighted by molar-refractivity contribution is -0.275. The van der Waals surface area contributed by atoms with E-state index >= 15 is 0 Å². The molecule has 0 spiro atoms. The summed E-state index contributed by atoms with van der Waals surface area (Å²) in [6.07, 6.45) is -9.66. The van der Waals surface area contributed by atoms with Gasteiger partial charge in [-0.05, 0) is 47.5 Å². The fourth-order valence-electron chi connectivity index (χ4n) is 4.75. The molecule has 1 fully saturated rings. The SMILES string of the molecule is O=C1Nc2ccc(-c3cccc(C(F)(F)F)c3)cc2C(=O)N2CCN(C(=O)COc3ccc(OC(F)(F)F)c(F)c3)CC12. The number of nitrogens with zero attached hydrogens (tertiary/aromatic N) is 2. The van der Waals surface area contributed by atoms with E-state index in [1.54, 1.807) is 0 Å². The summed E-state index contributed by atoms with van der Waals surface area (Å²) < 4.78 is 99.3. The molecule has 2 aliphatic heterocycles. The summed E-state index contributed by atoms with van der Waals surface area (Å²) in [4.78, 5) is 41.8. The number of carbonyl (C=O) groups is 3. The molecule has 3 aromatic rings. The van der Waals surface area contributed by atoms with Gasteiger partial charge in [-0.25, -0.2) is 4.39 Å². The van der Waals surface area contributed by atoms with E-state index in [0.29, 0.717) is 17.7 Å². The molecule has 3 aromatic carbocycles. The minimum atomic E-state index is -5.10. The minimum absolute atomic E-state index is 0.00686. The average molecular weight is 611 g/mol. The van der Waals surface area contributed by atoms with E-state index in [0.717, 1.165) is 18.2 Å². The Morgan fingerprint density at radius 1 is 0.930 bits per heavy atom. The highest BCUT2D eigenvalue weighted by molar-refractivity contribution is 6.10. The number of piperazine rings is 1. The van der Waals surface area contributed by atoms with Crippen LogP contribution >= 0.6 is 0 Å². The first-order valence-electron chi connectivity index (χ1n) is 12.6. The van der Waals surface area contributed by atoms with Gasteiger partial charge in [0.15, 0.2) is 18.2 Å². The molecule has 43 heavy (non-hydrogen) atoms. The van der Waals surface area contributed by atoms with Crippen molar-refractivity contribution in [2.24, 2.45) is 0 Å². The lowest BCUT2D eigenvalue weighted by atomic mass is 9.99. The van der Waals surface area contributed by atoms with Gasteiger partial charge in [-0.1, -0.05) is 18.2 Å². The second-order valence-corrected chi connectivity index (χ2v) is 9.61. The molecule has 0 radical (unpaired) electrons. The van der Waals surface area contributed by atoms with Crippen molar-refractivity contribution in [3.8, 4) is 22.6 Å². The first kappa shape index (κ1) is 29.7. The second-order valence-electron chi connectivity index (χ2n) is 9.61. The van der Waals surface area contributed by atoms with Crippen LogP contribution in [0.4, 0.5) is 36.4 Å². The summed E-state index contributed by atoms with van der Waals surface area (Å²) in [5.74, 6) is -4.47. The summed E-state index contributed by atoms with van der Waals surface area (Å²) in [5.41, 5.74) is -0.0983. The van der Waals surface area contributed by atoms with Crippen LogP contribution in [0.2, 0.25) is 0 Å². The van der Waals surface area contributed by atoms with Crippen LogP contribution in [0.1, 0.15) is 15.9 Å². The number of hydrogen-bond acceptors (Lipinski definition) is 5. The van der Waals surface area contributed by atoms with E-state index in [2.05, 4.69) is 10.1 Å². The molecule has 1 atom stereocenters. The third-order valence-electron chi connectivity index (χ3n) is 6.82. The predicted octanol–water partition coefficient (Wildman–Crippen LogP) is 5.09. The molecule has 5 rings (SSSR count). The highest BCUT2D eigenvalue weighted by Gasteiger charge is 2.41. The van der Waals surface area contributed by atoms with E-state index in [9.17, 15) is 45.1 Å². The van der Waals surface area contributed by atoms with Gasteiger partial charge < -0.3 is 24.6 Å². The third kappa shape index (κ3) is 6.49. The molecule has 8 nitrogen and oxygen atoms in total. The van der Waals surface area contributed by atoms with Crippen molar-refractivity contribution in [2.75, 3.05) is 31.6 Å². The van der Waals surface area contributed by atoms with Crippen molar-refractivity contribution < 1.29 is 54.6 Å². The summed E-state index contributed by atoms with van der Waals surface area (Å²) in [5, 5.41) is 2.63. The van der Waals surface area contributed by atoms with E-state index < -0.39 is 60.0 Å². The molecule has 1 saturated heterocycles. The van der Waals surface area contributed by atoms with Crippen molar-refractivity contribution in [1.29, 1.82) is 0 Å². The zero-order valence-electron chi connectivity index (χ0n) is 21.8. The number of fused-ring (bicyclic) bond motifs is 2. The molecular weight excluding hydrogens is 591 g/mol. The second kappa shape index (κ2) is 11.1. The fraction of sp³-hybridized carbons (Fsp3) is 0.250. The lowest BCUT2D eigenvalue weighted by Crippen LogP contribution is -2.60. The van der Waals surface area contributed by atoms with Gasteiger partial charge in [0.25, 0.3) is 11.8 Å². The number of amides is 3. The van der Waals surface area contributed by atoms with Gasteiger partial charge in [-0.3, -0.25) is 14.4 Å². The van der Waals surface area contributed by atoms with Gasteiger partial charge in [0.1, 0.15) is 11.8 Å². The molecule has 1 N–H and O–H groups in total. The molecule has 1 unspecified atom stereocenters. The van der Waals surface area contributed by atoms with Crippen LogP contribution in [-0.2, 0) is 15.8 Å². The molecule has 15 heteroatoms. The normalized spacial score (nSPS) is 17.0. The van der Waals surface area contributed by atoms with Crippen LogP contribution in [0.15, 0.2) is 60.7 Å². The Hall–Kier alpha value is -4.82. The van der Waals surface area contributed by atoms with Crippen LogP contribution in [-0.4, -0.2) is 66.2 Å². The van der Waals surface area contributed by atoms with Gasteiger partial charge in [0.2, 0.25) is 5.91 Å². The standard InChI is InChI=1S/C28H20F7N3O5/c29-20-12-18(5-7-23(20)43-28(33,34)35)42-14-24(39)37-8-9-38-22(13-37)25(40)36-21-6-4-16(11-19(21)26(38)41)15-2-1-3-17(10-15)27(30,31)32/h1-7,10-12,22H,8-9,13-14H2,(H,36,40). The van der Waals surface area contributed by atoms with Crippen LogP contribution < -0.4 is 14.8 Å². The lowest BCUT2D eigenvalue weighted by Gasteiger charge is -2.39. The Bertz CT molecular complexity index is 1590. The van der Waals surface area contributed by atoms with E-state index in [4.69, 9.17) is 4.74 Å². The number of anilines is 1. The molecule has 0 aromatic heterocycles. The average Bonchev–Trinajstić information content (AvgIpc) is 3.05. The largest absolute Gasteiger partial charge is 0.573 e. The molecule has 3 amide bonds. The monoisotopic (exact) mass is 611 g/mol. The Morgan fingerprint density at radius 2 is 1.67 bits per heavy atom. The molecule has 0 aliphatic carbocycles. The number of halogens is 7. The predicted molar refractivity (Wildman–Crippen MR) is 135 cm³/mol. The highest BCUT2D eigenvalue weighted by atomic mass is 19.4. The molecule has 2 heterocycles. The summed E-state index contributed by atoms with van der Waals surface area (Å²) in [6, 6.07) is 10.1. The molecule has 226 valence electrons. The van der Waals surface area contributed by atoms with Gasteiger partial charge in [0, 0.05) is 19.2 Å². The van der Waals surface area contributed by atoms with Crippen molar-refractivity contribution in [1.82, 2.24) is 9.80 Å².